The molecule has 1 fully saturated rings. The number of piperidine rings is 1. The number of carboxylic acids is 2. The third-order valence-corrected chi connectivity index (χ3v) is 5.35. The van der Waals surface area contributed by atoms with Crippen LogP contribution in [0, 0.1) is 5.92 Å². The van der Waals surface area contributed by atoms with Crippen LogP contribution in [0.25, 0.3) is 0 Å². The molecular weight excluding hydrogens is 462 g/mol. The van der Waals surface area contributed by atoms with Crippen molar-refractivity contribution < 1.29 is 48.0 Å². The van der Waals surface area contributed by atoms with Crippen LogP contribution in [0.2, 0.25) is 0 Å². The maximum Gasteiger partial charge on any atom is 0.414 e. The molecule has 1 aromatic heterocycles. The van der Waals surface area contributed by atoms with Crippen molar-refractivity contribution in [2.24, 2.45) is 5.92 Å². The number of esters is 1. The maximum atomic E-state index is 11.5. The van der Waals surface area contributed by atoms with Crippen molar-refractivity contribution in [3.63, 3.8) is 0 Å². The molecule has 0 spiro atoms. The lowest BCUT2D eigenvalue weighted by Gasteiger charge is -2.31. The second-order valence-electron chi connectivity index (χ2n) is 7.82. The molecular formula is C24H31NO10. The Hall–Kier alpha value is -3.57. The molecule has 2 heterocycles. The number of rotatable bonds is 9. The summed E-state index contributed by atoms with van der Waals surface area (Å²) in [7, 11) is 4.64. The van der Waals surface area contributed by atoms with Gasteiger partial charge in [-0.15, -0.1) is 0 Å². The fraction of sp³-hybridized carbons (Fsp3) is 0.458. The Morgan fingerprint density at radius 3 is 2.09 bits per heavy atom. The number of carbonyl (C=O) groups is 3. The predicted octanol–water partition coefficient (Wildman–Crippen LogP) is 2.67. The van der Waals surface area contributed by atoms with E-state index in [1.165, 1.54) is 7.11 Å². The van der Waals surface area contributed by atoms with Gasteiger partial charge in [-0.3, -0.25) is 4.90 Å². The van der Waals surface area contributed by atoms with Crippen LogP contribution in [0.1, 0.15) is 34.7 Å². The number of methoxy groups -OCH3 is 3. The van der Waals surface area contributed by atoms with Crippen LogP contribution in [-0.2, 0) is 32.2 Å². The third kappa shape index (κ3) is 9.30. The number of ether oxygens (including phenoxy) is 4. The fourth-order valence-corrected chi connectivity index (χ4v) is 3.50. The van der Waals surface area contributed by atoms with Gasteiger partial charge in [-0.05, 0) is 61.7 Å². The molecule has 0 radical (unpaired) electrons. The summed E-state index contributed by atoms with van der Waals surface area (Å²) in [6.07, 6.45) is 2.15. The van der Waals surface area contributed by atoms with E-state index in [1.54, 1.807) is 20.3 Å². The minimum Gasteiger partial charge on any atom is -0.497 e. The molecule has 2 aromatic rings. The predicted molar refractivity (Wildman–Crippen MR) is 123 cm³/mol. The maximum absolute atomic E-state index is 11.5. The zero-order chi connectivity index (χ0) is 25.8. The Kier molecular flexibility index (Phi) is 11.0. The number of carboxylic acid groups (broad SMARTS) is 2. The van der Waals surface area contributed by atoms with Gasteiger partial charge in [0.1, 0.15) is 17.3 Å². The van der Waals surface area contributed by atoms with Gasteiger partial charge in [0, 0.05) is 12.7 Å². The number of aliphatic carboxylic acids is 2. The normalized spacial score (nSPS) is 13.9. The minimum absolute atomic E-state index is 0.250. The number of hydrogen-bond acceptors (Lipinski definition) is 9. The van der Waals surface area contributed by atoms with Gasteiger partial charge in [0.15, 0.2) is 0 Å². The van der Waals surface area contributed by atoms with Gasteiger partial charge in [-0.2, -0.15) is 0 Å². The van der Waals surface area contributed by atoms with Crippen molar-refractivity contribution in [2.75, 3.05) is 41.0 Å². The minimum atomic E-state index is -1.82. The van der Waals surface area contributed by atoms with Crippen molar-refractivity contribution in [2.45, 2.75) is 26.0 Å². The summed E-state index contributed by atoms with van der Waals surface area (Å²) in [6, 6.07) is 9.29. The first-order valence-electron chi connectivity index (χ1n) is 10.9. The summed E-state index contributed by atoms with van der Waals surface area (Å²) >= 11 is 0. The van der Waals surface area contributed by atoms with Gasteiger partial charge in [0.25, 0.3) is 0 Å². The highest BCUT2D eigenvalue weighted by atomic mass is 16.5. The molecule has 35 heavy (non-hydrogen) atoms. The molecule has 1 aliphatic heterocycles. The van der Waals surface area contributed by atoms with Crippen LogP contribution in [-0.4, -0.2) is 74.0 Å². The molecule has 0 bridgehead atoms. The first kappa shape index (κ1) is 27.7. The number of furan rings is 1. The number of benzene rings is 1. The monoisotopic (exact) mass is 493 g/mol. The summed E-state index contributed by atoms with van der Waals surface area (Å²) in [5.74, 6) is -0.979. The van der Waals surface area contributed by atoms with Gasteiger partial charge in [-0.1, -0.05) is 0 Å². The van der Waals surface area contributed by atoms with Crippen LogP contribution < -0.4 is 9.47 Å². The van der Waals surface area contributed by atoms with Crippen LogP contribution in [0.15, 0.2) is 34.7 Å². The average molecular weight is 494 g/mol. The number of carbonyl (C=O) groups excluding carboxylic acids is 1. The summed E-state index contributed by atoms with van der Waals surface area (Å²) in [5.41, 5.74) is 1.04. The van der Waals surface area contributed by atoms with E-state index in [0.29, 0.717) is 19.1 Å². The molecule has 2 N–H and O–H groups in total. The SMILES string of the molecule is COC(=O)c1ccc(CN2CCC(COCc3cc(OC)cc(OC)c3)CC2)o1.O=C(O)C(=O)O. The fourth-order valence-electron chi connectivity index (χ4n) is 3.50. The van der Waals surface area contributed by atoms with E-state index >= 15 is 0 Å². The topological polar surface area (TPSA) is 145 Å². The van der Waals surface area contributed by atoms with Crippen molar-refractivity contribution in [1.82, 2.24) is 4.90 Å². The van der Waals surface area contributed by atoms with Gasteiger partial charge < -0.3 is 33.6 Å². The summed E-state index contributed by atoms with van der Waals surface area (Å²) < 4.78 is 26.8. The van der Waals surface area contributed by atoms with Gasteiger partial charge >= 0.3 is 17.9 Å². The van der Waals surface area contributed by atoms with Crippen LogP contribution in [0.5, 0.6) is 11.5 Å². The molecule has 1 aromatic carbocycles. The summed E-state index contributed by atoms with van der Waals surface area (Å²) in [6.45, 7) is 3.94. The molecule has 0 unspecified atom stereocenters. The average Bonchev–Trinajstić information content (AvgIpc) is 3.33. The lowest BCUT2D eigenvalue weighted by Crippen LogP contribution is -2.34. The Bertz CT molecular complexity index is 944. The Labute approximate surface area is 203 Å². The highest BCUT2D eigenvalue weighted by molar-refractivity contribution is 6.27. The molecule has 11 heteroatoms. The molecule has 3 rings (SSSR count). The highest BCUT2D eigenvalue weighted by Crippen LogP contribution is 2.24. The Morgan fingerprint density at radius 2 is 1.57 bits per heavy atom. The zero-order valence-corrected chi connectivity index (χ0v) is 20.0. The first-order valence-corrected chi connectivity index (χ1v) is 10.9. The third-order valence-electron chi connectivity index (χ3n) is 5.35. The van der Waals surface area contributed by atoms with E-state index in [4.69, 9.17) is 38.4 Å². The van der Waals surface area contributed by atoms with E-state index in [9.17, 15) is 4.79 Å². The van der Waals surface area contributed by atoms with Crippen LogP contribution >= 0.6 is 0 Å². The molecule has 0 aliphatic carbocycles. The summed E-state index contributed by atoms with van der Waals surface area (Å²) in [5, 5.41) is 14.8. The first-order chi connectivity index (χ1) is 16.7. The van der Waals surface area contributed by atoms with Crippen molar-refractivity contribution >= 4 is 17.9 Å². The van der Waals surface area contributed by atoms with Crippen molar-refractivity contribution in [1.29, 1.82) is 0 Å². The van der Waals surface area contributed by atoms with Gasteiger partial charge in [0.05, 0.1) is 34.5 Å². The molecule has 1 aliphatic rings. The van der Waals surface area contributed by atoms with Crippen LogP contribution in [0.4, 0.5) is 0 Å². The standard InChI is InChI=1S/C22H29NO6.C2H2O4/c1-25-19-10-17(11-20(12-19)26-2)15-28-14-16-6-8-23(9-7-16)13-18-4-5-21(29-18)22(24)27-3;3-1(4)2(5)6/h4-5,10-12,16H,6-9,13-15H2,1-3H3;(H,3,4)(H,5,6). The lowest BCUT2D eigenvalue weighted by atomic mass is 9.98. The molecule has 0 amide bonds. The van der Waals surface area contributed by atoms with E-state index in [1.807, 2.05) is 24.3 Å². The Morgan fingerprint density at radius 1 is 0.971 bits per heavy atom. The van der Waals surface area contributed by atoms with Gasteiger partial charge in [0.2, 0.25) is 5.76 Å². The summed E-state index contributed by atoms with van der Waals surface area (Å²) in [4.78, 5) is 32.0. The smallest absolute Gasteiger partial charge is 0.414 e. The number of likely N-dealkylation sites (tertiary alicyclic amines) is 1. The molecule has 0 atom stereocenters. The molecule has 192 valence electrons. The molecule has 0 saturated carbocycles. The van der Waals surface area contributed by atoms with E-state index in [0.717, 1.165) is 55.4 Å². The quantitative estimate of drug-likeness (QED) is 0.393. The van der Waals surface area contributed by atoms with Crippen molar-refractivity contribution in [3.05, 3.63) is 47.4 Å². The second kappa shape index (κ2) is 14.0. The number of hydrogen-bond donors (Lipinski definition) is 2. The lowest BCUT2D eigenvalue weighted by molar-refractivity contribution is -0.159. The number of nitrogens with zero attached hydrogens (tertiary/aromatic N) is 1. The van der Waals surface area contributed by atoms with Crippen LogP contribution in [0.3, 0.4) is 0 Å². The van der Waals surface area contributed by atoms with E-state index < -0.39 is 17.9 Å². The van der Waals surface area contributed by atoms with E-state index in [2.05, 4.69) is 9.64 Å². The van der Waals surface area contributed by atoms with Crippen molar-refractivity contribution in [3.8, 4) is 11.5 Å². The highest BCUT2D eigenvalue weighted by Gasteiger charge is 2.21. The van der Waals surface area contributed by atoms with Gasteiger partial charge in [-0.25, -0.2) is 14.4 Å². The van der Waals surface area contributed by atoms with E-state index in [-0.39, 0.29) is 5.76 Å². The molecule has 1 saturated heterocycles. The largest absolute Gasteiger partial charge is 0.497 e. The molecule has 11 nitrogen and oxygen atoms in total. The zero-order valence-electron chi connectivity index (χ0n) is 20.0. The Balaban J connectivity index is 0.000000641. The second-order valence-corrected chi connectivity index (χ2v) is 7.82.